The smallest absolute Gasteiger partial charge is 0.229 e. The molecule has 124 valence electrons. The lowest BCUT2D eigenvalue weighted by Gasteiger charge is -2.39. The van der Waals surface area contributed by atoms with Gasteiger partial charge in [-0.3, -0.25) is 0 Å². The number of hydrogen-bond acceptors (Lipinski definition) is 6. The van der Waals surface area contributed by atoms with Gasteiger partial charge in [-0.25, -0.2) is 0 Å². The van der Waals surface area contributed by atoms with E-state index in [9.17, 15) is 20.4 Å². The number of hydrogen-bond donors (Lipinski definition) is 4. The molecule has 4 N–H and O–H groups in total. The van der Waals surface area contributed by atoms with Crippen LogP contribution in [0.5, 0.6) is 5.75 Å². The molecule has 1 aliphatic heterocycles. The van der Waals surface area contributed by atoms with E-state index in [1.54, 1.807) is 12.1 Å². The standard InChI is InChI=1S/C16H17BrO6/c17-10-3-1-9-6-11(4-2-8(9)5-10)22-16-15(21)14(20)13(19)12(7-18)23-16/h1-6,12-16,18-21H,7H2/t12-,13+,14+,15-,16+/m0/s1. The normalized spacial score (nSPS) is 31.3. The fourth-order valence-corrected chi connectivity index (χ4v) is 2.95. The number of ether oxygens (including phenoxy) is 2. The molecule has 7 heteroatoms. The van der Waals surface area contributed by atoms with Gasteiger partial charge in [-0.05, 0) is 35.0 Å². The van der Waals surface area contributed by atoms with Gasteiger partial charge in [0.25, 0.3) is 0 Å². The first kappa shape index (κ1) is 16.6. The molecule has 23 heavy (non-hydrogen) atoms. The van der Waals surface area contributed by atoms with Crippen molar-refractivity contribution < 1.29 is 29.9 Å². The summed E-state index contributed by atoms with van der Waals surface area (Å²) in [5.41, 5.74) is 0. The summed E-state index contributed by atoms with van der Waals surface area (Å²) in [6.07, 6.45) is -6.45. The zero-order valence-corrected chi connectivity index (χ0v) is 13.6. The molecule has 1 saturated heterocycles. The Hall–Kier alpha value is -1.22. The summed E-state index contributed by atoms with van der Waals surface area (Å²) in [6.45, 7) is -0.490. The zero-order valence-electron chi connectivity index (χ0n) is 12.0. The van der Waals surface area contributed by atoms with Crippen LogP contribution in [0.2, 0.25) is 0 Å². The molecule has 2 aromatic carbocycles. The summed E-state index contributed by atoms with van der Waals surface area (Å²) in [5.74, 6) is 0.448. The third-order valence-corrected chi connectivity index (χ3v) is 4.37. The van der Waals surface area contributed by atoms with Crippen LogP contribution >= 0.6 is 15.9 Å². The van der Waals surface area contributed by atoms with Gasteiger partial charge in [0.1, 0.15) is 30.2 Å². The maximum absolute atomic E-state index is 9.98. The van der Waals surface area contributed by atoms with Gasteiger partial charge < -0.3 is 29.9 Å². The zero-order chi connectivity index (χ0) is 16.6. The molecule has 0 aromatic heterocycles. The number of aliphatic hydroxyl groups is 4. The Balaban J connectivity index is 1.81. The lowest BCUT2D eigenvalue weighted by molar-refractivity contribution is -0.277. The third-order valence-electron chi connectivity index (χ3n) is 3.87. The van der Waals surface area contributed by atoms with E-state index in [1.807, 2.05) is 24.3 Å². The van der Waals surface area contributed by atoms with Crippen molar-refractivity contribution in [2.45, 2.75) is 30.7 Å². The second-order valence-corrected chi connectivity index (χ2v) is 6.38. The lowest BCUT2D eigenvalue weighted by Crippen LogP contribution is -2.60. The van der Waals surface area contributed by atoms with Crippen molar-refractivity contribution in [2.24, 2.45) is 0 Å². The van der Waals surface area contributed by atoms with Gasteiger partial charge in [0.2, 0.25) is 6.29 Å². The van der Waals surface area contributed by atoms with E-state index in [1.165, 1.54) is 0 Å². The predicted molar refractivity (Wildman–Crippen MR) is 86.0 cm³/mol. The molecule has 6 nitrogen and oxygen atoms in total. The Bertz CT molecular complexity index is 691. The van der Waals surface area contributed by atoms with Gasteiger partial charge in [-0.15, -0.1) is 0 Å². The van der Waals surface area contributed by atoms with Crippen LogP contribution in [0.3, 0.4) is 0 Å². The number of fused-ring (bicyclic) bond motifs is 1. The highest BCUT2D eigenvalue weighted by molar-refractivity contribution is 9.10. The fraction of sp³-hybridized carbons (Fsp3) is 0.375. The molecule has 0 amide bonds. The second-order valence-electron chi connectivity index (χ2n) is 5.47. The average Bonchev–Trinajstić information content (AvgIpc) is 2.55. The highest BCUT2D eigenvalue weighted by Crippen LogP contribution is 2.28. The van der Waals surface area contributed by atoms with Gasteiger partial charge in [0.05, 0.1) is 6.61 Å². The van der Waals surface area contributed by atoms with E-state index < -0.39 is 37.3 Å². The van der Waals surface area contributed by atoms with Crippen LogP contribution in [0.4, 0.5) is 0 Å². The van der Waals surface area contributed by atoms with Crippen LogP contribution < -0.4 is 4.74 Å². The van der Waals surface area contributed by atoms with Gasteiger partial charge in [-0.1, -0.05) is 28.1 Å². The van der Waals surface area contributed by atoms with Crippen molar-refractivity contribution in [2.75, 3.05) is 6.61 Å². The summed E-state index contributed by atoms with van der Waals surface area (Å²) >= 11 is 3.41. The topological polar surface area (TPSA) is 99.4 Å². The Kier molecular flexibility index (Phi) is 4.86. The van der Waals surface area contributed by atoms with Crippen LogP contribution in [-0.2, 0) is 4.74 Å². The van der Waals surface area contributed by atoms with E-state index in [0.717, 1.165) is 15.2 Å². The Morgan fingerprint density at radius 3 is 2.39 bits per heavy atom. The van der Waals surface area contributed by atoms with E-state index >= 15 is 0 Å². The number of rotatable bonds is 3. The maximum Gasteiger partial charge on any atom is 0.229 e. The number of halogens is 1. The molecule has 0 spiro atoms. The molecule has 1 heterocycles. The van der Waals surface area contributed by atoms with Crippen molar-refractivity contribution in [3.05, 3.63) is 40.9 Å². The molecule has 1 fully saturated rings. The van der Waals surface area contributed by atoms with E-state index in [4.69, 9.17) is 9.47 Å². The van der Waals surface area contributed by atoms with Crippen LogP contribution in [0.15, 0.2) is 40.9 Å². The second kappa shape index (κ2) is 6.72. The number of aliphatic hydroxyl groups excluding tert-OH is 4. The molecule has 1 aliphatic rings. The van der Waals surface area contributed by atoms with Crippen LogP contribution in [0.25, 0.3) is 10.8 Å². The fourth-order valence-electron chi connectivity index (χ4n) is 2.57. The van der Waals surface area contributed by atoms with Crippen molar-refractivity contribution >= 4 is 26.7 Å². The van der Waals surface area contributed by atoms with Crippen LogP contribution in [0, 0.1) is 0 Å². The monoisotopic (exact) mass is 384 g/mol. The van der Waals surface area contributed by atoms with Gasteiger partial charge in [-0.2, -0.15) is 0 Å². The summed E-state index contributed by atoms with van der Waals surface area (Å²) in [5, 5.41) is 40.6. The quantitative estimate of drug-likeness (QED) is 0.624. The minimum Gasteiger partial charge on any atom is -0.462 e. The number of benzene rings is 2. The minimum absolute atomic E-state index is 0.448. The first-order valence-corrected chi connectivity index (χ1v) is 7.95. The Labute approximate surface area is 141 Å². The largest absolute Gasteiger partial charge is 0.462 e. The molecule has 2 aromatic rings. The maximum atomic E-state index is 9.98. The Morgan fingerprint density at radius 2 is 1.65 bits per heavy atom. The average molecular weight is 385 g/mol. The van der Waals surface area contributed by atoms with E-state index in [-0.39, 0.29) is 0 Å². The highest BCUT2D eigenvalue weighted by atomic mass is 79.9. The van der Waals surface area contributed by atoms with E-state index in [0.29, 0.717) is 5.75 Å². The summed E-state index contributed by atoms with van der Waals surface area (Å²) in [7, 11) is 0. The van der Waals surface area contributed by atoms with E-state index in [2.05, 4.69) is 15.9 Å². The molecule has 5 atom stereocenters. The molecule has 3 rings (SSSR count). The van der Waals surface area contributed by atoms with Crippen molar-refractivity contribution in [1.82, 2.24) is 0 Å². The predicted octanol–water partition coefficient (Wildman–Crippen LogP) is 0.781. The molecule has 0 aliphatic carbocycles. The molecule has 0 radical (unpaired) electrons. The SMILES string of the molecule is OC[C@@H]1O[C@@H](Oc2ccc3cc(Br)ccc3c2)[C@@H](O)[C@H](O)[C@@H]1O. The third kappa shape index (κ3) is 3.35. The van der Waals surface area contributed by atoms with Crippen molar-refractivity contribution in [3.8, 4) is 5.75 Å². The molecular formula is C16H17BrO6. The molecule has 0 unspecified atom stereocenters. The molecule has 0 bridgehead atoms. The molecule has 0 saturated carbocycles. The highest BCUT2D eigenvalue weighted by Gasteiger charge is 2.44. The lowest BCUT2D eigenvalue weighted by atomic mass is 9.99. The van der Waals surface area contributed by atoms with Crippen molar-refractivity contribution in [3.63, 3.8) is 0 Å². The summed E-state index contributed by atoms with van der Waals surface area (Å²) in [6, 6.07) is 11.1. The summed E-state index contributed by atoms with van der Waals surface area (Å²) in [4.78, 5) is 0. The first-order valence-electron chi connectivity index (χ1n) is 7.16. The first-order chi connectivity index (χ1) is 11.0. The van der Waals surface area contributed by atoms with Crippen molar-refractivity contribution in [1.29, 1.82) is 0 Å². The van der Waals surface area contributed by atoms with Gasteiger partial charge >= 0.3 is 0 Å². The minimum atomic E-state index is -1.46. The van der Waals surface area contributed by atoms with Gasteiger partial charge in [0, 0.05) is 4.47 Å². The van der Waals surface area contributed by atoms with Gasteiger partial charge in [0.15, 0.2) is 0 Å². The molecular weight excluding hydrogens is 368 g/mol. The van der Waals surface area contributed by atoms with Crippen LogP contribution in [-0.4, -0.2) is 57.7 Å². The summed E-state index contributed by atoms with van der Waals surface area (Å²) < 4.78 is 11.9. The Morgan fingerprint density at radius 1 is 0.957 bits per heavy atom. The van der Waals surface area contributed by atoms with Crippen LogP contribution in [0.1, 0.15) is 0 Å².